The third kappa shape index (κ3) is 3.89. The molecule has 1 aliphatic heterocycles. The summed E-state index contributed by atoms with van der Waals surface area (Å²) >= 11 is 0. The minimum Gasteiger partial charge on any atom is -0.494 e. The van der Waals surface area contributed by atoms with Crippen molar-refractivity contribution in [1.82, 2.24) is 0 Å². The van der Waals surface area contributed by atoms with Gasteiger partial charge in [-0.1, -0.05) is 12.1 Å². The van der Waals surface area contributed by atoms with Crippen LogP contribution in [0.3, 0.4) is 0 Å². The van der Waals surface area contributed by atoms with Crippen LogP contribution in [0.25, 0.3) is 0 Å². The summed E-state index contributed by atoms with van der Waals surface area (Å²) in [5.74, 6) is 1.70. The molecule has 122 valence electrons. The molecule has 2 aromatic rings. The van der Waals surface area contributed by atoms with E-state index in [0.29, 0.717) is 13.2 Å². The molecule has 4 nitrogen and oxygen atoms in total. The van der Waals surface area contributed by atoms with Gasteiger partial charge in [0.15, 0.2) is 0 Å². The number of nitrogen functional groups attached to an aromatic ring is 1. The Bertz CT molecular complexity index is 658. The summed E-state index contributed by atoms with van der Waals surface area (Å²) in [6.45, 7) is 5.19. The van der Waals surface area contributed by atoms with Crippen molar-refractivity contribution in [2.24, 2.45) is 0 Å². The first kappa shape index (κ1) is 15.5. The van der Waals surface area contributed by atoms with Crippen molar-refractivity contribution in [3.8, 4) is 11.5 Å². The molecule has 2 aromatic carbocycles. The molecule has 1 heterocycles. The minimum atomic E-state index is 0.643. The van der Waals surface area contributed by atoms with Gasteiger partial charge < -0.3 is 20.1 Å². The van der Waals surface area contributed by atoms with Gasteiger partial charge in [0.25, 0.3) is 0 Å². The highest BCUT2D eigenvalue weighted by molar-refractivity contribution is 5.62. The number of anilines is 2. The number of hydrogen-bond acceptors (Lipinski definition) is 4. The van der Waals surface area contributed by atoms with Crippen molar-refractivity contribution >= 4 is 11.4 Å². The van der Waals surface area contributed by atoms with Gasteiger partial charge in [-0.05, 0) is 49.6 Å². The topological polar surface area (TPSA) is 47.7 Å². The van der Waals surface area contributed by atoms with E-state index in [0.717, 1.165) is 36.7 Å². The van der Waals surface area contributed by atoms with Gasteiger partial charge in [-0.3, -0.25) is 0 Å². The molecular formula is C19H24N2O2. The predicted molar refractivity (Wildman–Crippen MR) is 94.5 cm³/mol. The summed E-state index contributed by atoms with van der Waals surface area (Å²) in [5, 5.41) is 0. The first-order chi connectivity index (χ1) is 11.3. The van der Waals surface area contributed by atoms with Crippen molar-refractivity contribution in [1.29, 1.82) is 0 Å². The summed E-state index contributed by atoms with van der Waals surface area (Å²) in [7, 11) is 0. The number of ether oxygens (including phenoxy) is 2. The maximum absolute atomic E-state index is 5.94. The van der Waals surface area contributed by atoms with Crippen molar-refractivity contribution in [3.05, 3.63) is 48.0 Å². The number of aryl methyl sites for hydroxylation is 1. The van der Waals surface area contributed by atoms with Crippen LogP contribution in [0.2, 0.25) is 0 Å². The maximum atomic E-state index is 5.94. The average Bonchev–Trinajstić information content (AvgIpc) is 2.56. The Labute approximate surface area is 137 Å². The van der Waals surface area contributed by atoms with E-state index < -0.39 is 0 Å². The highest BCUT2D eigenvalue weighted by atomic mass is 16.5. The lowest BCUT2D eigenvalue weighted by molar-refractivity contribution is 0.313. The molecule has 0 bridgehead atoms. The normalized spacial score (nSPS) is 13.5. The van der Waals surface area contributed by atoms with Crippen LogP contribution in [0.4, 0.5) is 11.4 Å². The van der Waals surface area contributed by atoms with Crippen LogP contribution >= 0.6 is 0 Å². The first-order valence-electron chi connectivity index (χ1n) is 8.25. The molecule has 0 unspecified atom stereocenters. The Morgan fingerprint density at radius 1 is 1.09 bits per heavy atom. The lowest BCUT2D eigenvalue weighted by Crippen LogP contribution is -2.33. The van der Waals surface area contributed by atoms with E-state index in [1.54, 1.807) is 0 Å². The van der Waals surface area contributed by atoms with E-state index in [1.807, 2.05) is 37.3 Å². The average molecular weight is 312 g/mol. The van der Waals surface area contributed by atoms with Gasteiger partial charge in [-0.25, -0.2) is 0 Å². The third-order valence-corrected chi connectivity index (χ3v) is 4.07. The summed E-state index contributed by atoms with van der Waals surface area (Å²) < 4.78 is 11.4. The van der Waals surface area contributed by atoms with Gasteiger partial charge in [0.05, 0.1) is 13.2 Å². The van der Waals surface area contributed by atoms with Crippen LogP contribution in [-0.2, 0) is 6.42 Å². The highest BCUT2D eigenvalue weighted by Gasteiger charge is 2.16. The molecule has 0 amide bonds. The zero-order valence-corrected chi connectivity index (χ0v) is 13.6. The second kappa shape index (κ2) is 7.27. The summed E-state index contributed by atoms with van der Waals surface area (Å²) in [4.78, 5) is 2.36. The van der Waals surface area contributed by atoms with Crippen LogP contribution in [0, 0.1) is 0 Å². The molecule has 0 radical (unpaired) electrons. The smallest absolute Gasteiger partial charge is 0.123 e. The van der Waals surface area contributed by atoms with E-state index >= 15 is 0 Å². The van der Waals surface area contributed by atoms with Crippen LogP contribution in [0.1, 0.15) is 18.9 Å². The maximum Gasteiger partial charge on any atom is 0.123 e. The van der Waals surface area contributed by atoms with Gasteiger partial charge in [0, 0.05) is 24.0 Å². The molecule has 2 N–H and O–H groups in total. The molecule has 0 aliphatic carbocycles. The highest BCUT2D eigenvalue weighted by Crippen LogP contribution is 2.29. The zero-order chi connectivity index (χ0) is 16.1. The minimum absolute atomic E-state index is 0.643. The van der Waals surface area contributed by atoms with E-state index in [4.69, 9.17) is 15.2 Å². The number of benzene rings is 2. The van der Waals surface area contributed by atoms with Gasteiger partial charge in [-0.2, -0.15) is 0 Å². The van der Waals surface area contributed by atoms with E-state index in [9.17, 15) is 0 Å². The van der Waals surface area contributed by atoms with Gasteiger partial charge in [-0.15, -0.1) is 0 Å². The van der Waals surface area contributed by atoms with Crippen molar-refractivity contribution < 1.29 is 9.47 Å². The molecule has 0 saturated carbocycles. The van der Waals surface area contributed by atoms with E-state index in [2.05, 4.69) is 17.0 Å². The Hall–Kier alpha value is -2.36. The lowest BCUT2D eigenvalue weighted by atomic mass is 10.0. The fourth-order valence-electron chi connectivity index (χ4n) is 2.99. The van der Waals surface area contributed by atoms with Gasteiger partial charge in [0.2, 0.25) is 0 Å². The van der Waals surface area contributed by atoms with E-state index in [-0.39, 0.29) is 0 Å². The number of fused-ring (bicyclic) bond motifs is 1. The second-order valence-electron chi connectivity index (χ2n) is 5.74. The Balaban J connectivity index is 1.59. The van der Waals surface area contributed by atoms with Crippen LogP contribution in [0.15, 0.2) is 42.5 Å². The first-order valence-corrected chi connectivity index (χ1v) is 8.25. The molecule has 0 atom stereocenters. The molecule has 23 heavy (non-hydrogen) atoms. The number of nitrogens with two attached hydrogens (primary N) is 1. The summed E-state index contributed by atoms with van der Waals surface area (Å²) in [6, 6.07) is 14.0. The van der Waals surface area contributed by atoms with Gasteiger partial charge in [0.1, 0.15) is 18.1 Å². The molecule has 1 aliphatic rings. The van der Waals surface area contributed by atoms with Gasteiger partial charge >= 0.3 is 0 Å². The largest absolute Gasteiger partial charge is 0.494 e. The zero-order valence-electron chi connectivity index (χ0n) is 13.6. The van der Waals surface area contributed by atoms with Crippen molar-refractivity contribution in [2.75, 3.05) is 36.9 Å². The molecular weight excluding hydrogens is 288 g/mol. The molecule has 4 heteroatoms. The van der Waals surface area contributed by atoms with Crippen LogP contribution < -0.4 is 20.1 Å². The molecule has 3 rings (SSSR count). The van der Waals surface area contributed by atoms with Crippen LogP contribution in [-0.4, -0.2) is 26.3 Å². The van der Waals surface area contributed by atoms with E-state index in [1.165, 1.54) is 17.7 Å². The Kier molecular flexibility index (Phi) is 4.91. The standard InChI is InChI=1S/C19H24N2O2/c1-2-22-17-6-3-7-18(14-17)23-12-11-21-10-4-5-15-8-9-16(20)13-19(15)21/h3,6-9,13-14H,2,4-5,10-12,20H2,1H3. The third-order valence-electron chi connectivity index (χ3n) is 4.07. The van der Waals surface area contributed by atoms with Crippen molar-refractivity contribution in [2.45, 2.75) is 19.8 Å². The monoisotopic (exact) mass is 312 g/mol. The lowest BCUT2D eigenvalue weighted by Gasteiger charge is -2.31. The quantitative estimate of drug-likeness (QED) is 0.829. The predicted octanol–water partition coefficient (Wildman–Crippen LogP) is 3.50. The molecule has 0 spiro atoms. The summed E-state index contributed by atoms with van der Waals surface area (Å²) in [5.41, 5.74) is 9.39. The van der Waals surface area contributed by atoms with Crippen molar-refractivity contribution in [3.63, 3.8) is 0 Å². The fourth-order valence-corrected chi connectivity index (χ4v) is 2.99. The second-order valence-corrected chi connectivity index (χ2v) is 5.74. The Morgan fingerprint density at radius 3 is 2.74 bits per heavy atom. The summed E-state index contributed by atoms with van der Waals surface area (Å²) in [6.07, 6.45) is 2.31. The number of nitrogens with zero attached hydrogens (tertiary/aromatic N) is 1. The molecule has 0 aromatic heterocycles. The van der Waals surface area contributed by atoms with Crippen LogP contribution in [0.5, 0.6) is 11.5 Å². The number of rotatable bonds is 6. The number of hydrogen-bond donors (Lipinski definition) is 1. The Morgan fingerprint density at radius 2 is 1.91 bits per heavy atom. The fraction of sp³-hybridized carbons (Fsp3) is 0.368. The molecule has 0 fully saturated rings. The molecule has 0 saturated heterocycles. The SMILES string of the molecule is CCOc1cccc(OCCN2CCCc3ccc(N)cc32)c1.